The van der Waals surface area contributed by atoms with E-state index in [0.717, 1.165) is 0 Å². The molecule has 20 heavy (non-hydrogen) atoms. The van der Waals surface area contributed by atoms with E-state index in [4.69, 9.17) is 27.9 Å². The summed E-state index contributed by atoms with van der Waals surface area (Å²) in [5.74, 6) is 0.491. The van der Waals surface area contributed by atoms with Crippen LogP contribution in [0.2, 0.25) is 10.0 Å². The van der Waals surface area contributed by atoms with Gasteiger partial charge < -0.3 is 10.1 Å². The van der Waals surface area contributed by atoms with Crippen molar-refractivity contribution in [2.24, 2.45) is 0 Å². The molecule has 2 unspecified atom stereocenters. The number of hydrogen-bond donors (Lipinski definition) is 1. The molecular weight excluding hydrogens is 321 g/mol. The average Bonchev–Trinajstić information content (AvgIpc) is 2.34. The lowest BCUT2D eigenvalue weighted by molar-refractivity contribution is 0.340. The quantitative estimate of drug-likeness (QED) is 0.865. The van der Waals surface area contributed by atoms with Crippen LogP contribution in [0.15, 0.2) is 12.1 Å². The minimum Gasteiger partial charge on any atom is -0.492 e. The van der Waals surface area contributed by atoms with Crippen LogP contribution in [0.3, 0.4) is 0 Å². The summed E-state index contributed by atoms with van der Waals surface area (Å²) >= 11 is 12.4. The van der Waals surface area contributed by atoms with Crippen molar-refractivity contribution in [3.05, 3.63) is 27.7 Å². The maximum atomic E-state index is 11.7. The third-order valence-corrected chi connectivity index (χ3v) is 5.39. The van der Waals surface area contributed by atoms with E-state index in [2.05, 4.69) is 5.32 Å². The molecular formula is C13H19Cl2NO3S. The van der Waals surface area contributed by atoms with Gasteiger partial charge in [-0.1, -0.05) is 23.2 Å². The van der Waals surface area contributed by atoms with Gasteiger partial charge in [-0.3, -0.25) is 0 Å². The van der Waals surface area contributed by atoms with E-state index in [1.54, 1.807) is 26.1 Å². The van der Waals surface area contributed by atoms with Crippen molar-refractivity contribution in [1.29, 1.82) is 0 Å². The van der Waals surface area contributed by atoms with E-state index in [9.17, 15) is 8.42 Å². The molecule has 0 aliphatic carbocycles. The third-order valence-electron chi connectivity index (χ3n) is 3.14. The Kier molecular flexibility index (Phi) is 6.13. The minimum atomic E-state index is -3.21. The van der Waals surface area contributed by atoms with Gasteiger partial charge in [-0.05, 0) is 32.5 Å². The standard InChI is InChI=1S/C13H19Cl2NO3S/c1-5-19-12-7-10(14)9(6-11(12)15)13(16-3)8(2)20(4,17)18/h6-8,13,16H,5H2,1-4H3. The van der Waals surface area contributed by atoms with Gasteiger partial charge in [0.1, 0.15) is 5.75 Å². The van der Waals surface area contributed by atoms with Crippen molar-refractivity contribution in [3.8, 4) is 5.75 Å². The molecule has 1 aromatic carbocycles. The average molecular weight is 340 g/mol. The van der Waals surface area contributed by atoms with Crippen LogP contribution in [0.4, 0.5) is 0 Å². The molecule has 0 fully saturated rings. The highest BCUT2D eigenvalue weighted by atomic mass is 35.5. The molecule has 0 saturated carbocycles. The summed E-state index contributed by atoms with van der Waals surface area (Å²) in [6, 6.07) is 2.82. The lowest BCUT2D eigenvalue weighted by Crippen LogP contribution is -2.33. The van der Waals surface area contributed by atoms with E-state index >= 15 is 0 Å². The minimum absolute atomic E-state index is 0.409. The number of rotatable bonds is 6. The summed E-state index contributed by atoms with van der Waals surface area (Å²) in [7, 11) is -1.52. The van der Waals surface area contributed by atoms with Crippen LogP contribution < -0.4 is 10.1 Å². The van der Waals surface area contributed by atoms with Crippen molar-refractivity contribution in [3.63, 3.8) is 0 Å². The summed E-state index contributed by atoms with van der Waals surface area (Å²) in [4.78, 5) is 0. The predicted octanol–water partition coefficient (Wildman–Crippen LogP) is 3.09. The van der Waals surface area contributed by atoms with E-state index in [1.807, 2.05) is 6.92 Å². The molecule has 1 N–H and O–H groups in total. The number of halogens is 2. The van der Waals surface area contributed by atoms with Crippen LogP contribution in [-0.4, -0.2) is 33.6 Å². The summed E-state index contributed by atoms with van der Waals surface area (Å²) in [6.07, 6.45) is 1.20. The fourth-order valence-electron chi connectivity index (χ4n) is 1.94. The summed E-state index contributed by atoms with van der Waals surface area (Å²) in [5.41, 5.74) is 0.639. The summed E-state index contributed by atoms with van der Waals surface area (Å²) in [5, 5.41) is 3.19. The number of nitrogens with one attached hydrogen (secondary N) is 1. The second-order valence-corrected chi connectivity index (χ2v) is 7.76. The normalized spacial score (nSPS) is 14.9. The molecule has 0 bridgehead atoms. The Morgan fingerprint density at radius 1 is 1.30 bits per heavy atom. The second kappa shape index (κ2) is 6.98. The molecule has 1 aromatic rings. The van der Waals surface area contributed by atoms with E-state index in [1.165, 1.54) is 6.26 Å². The first-order valence-corrected chi connectivity index (χ1v) is 8.91. The summed E-state index contributed by atoms with van der Waals surface area (Å²) < 4.78 is 28.8. The molecule has 7 heteroatoms. The van der Waals surface area contributed by atoms with Crippen LogP contribution >= 0.6 is 23.2 Å². The van der Waals surface area contributed by atoms with Gasteiger partial charge >= 0.3 is 0 Å². The van der Waals surface area contributed by atoms with Crippen LogP contribution in [0, 0.1) is 0 Å². The molecule has 0 aromatic heterocycles. The fraction of sp³-hybridized carbons (Fsp3) is 0.538. The van der Waals surface area contributed by atoms with Gasteiger partial charge in [0, 0.05) is 23.4 Å². The van der Waals surface area contributed by atoms with E-state index in [0.29, 0.717) is 28.0 Å². The molecule has 0 aliphatic heterocycles. The Hall–Kier alpha value is -0.490. The Labute approximate surface area is 130 Å². The van der Waals surface area contributed by atoms with Gasteiger partial charge in [0.15, 0.2) is 9.84 Å². The van der Waals surface area contributed by atoms with Crippen LogP contribution in [0.1, 0.15) is 25.5 Å². The van der Waals surface area contributed by atoms with Gasteiger partial charge in [-0.2, -0.15) is 0 Å². The SMILES string of the molecule is CCOc1cc(Cl)c(C(NC)C(C)S(C)(=O)=O)cc1Cl. The molecule has 0 saturated heterocycles. The van der Waals surface area contributed by atoms with Crippen molar-refractivity contribution in [1.82, 2.24) is 5.32 Å². The van der Waals surface area contributed by atoms with Gasteiger partial charge in [-0.15, -0.1) is 0 Å². The van der Waals surface area contributed by atoms with Gasteiger partial charge in [0.05, 0.1) is 16.9 Å². The number of benzene rings is 1. The Morgan fingerprint density at radius 2 is 1.90 bits per heavy atom. The molecule has 0 amide bonds. The zero-order valence-corrected chi connectivity index (χ0v) is 14.2. The highest BCUT2D eigenvalue weighted by molar-refractivity contribution is 7.91. The zero-order chi connectivity index (χ0) is 15.5. The molecule has 0 radical (unpaired) electrons. The Morgan fingerprint density at radius 3 is 2.35 bits per heavy atom. The highest BCUT2D eigenvalue weighted by Crippen LogP contribution is 2.36. The molecule has 0 aliphatic rings. The zero-order valence-electron chi connectivity index (χ0n) is 11.9. The fourth-order valence-corrected chi connectivity index (χ4v) is 3.21. The molecule has 0 spiro atoms. The van der Waals surface area contributed by atoms with Gasteiger partial charge in [0.25, 0.3) is 0 Å². The Bertz CT molecular complexity index is 575. The topological polar surface area (TPSA) is 55.4 Å². The van der Waals surface area contributed by atoms with Crippen molar-refractivity contribution < 1.29 is 13.2 Å². The molecule has 2 atom stereocenters. The second-order valence-electron chi connectivity index (χ2n) is 4.54. The maximum absolute atomic E-state index is 11.7. The first-order valence-electron chi connectivity index (χ1n) is 6.20. The molecule has 1 rings (SSSR count). The first-order chi connectivity index (χ1) is 9.22. The third kappa shape index (κ3) is 4.01. The van der Waals surface area contributed by atoms with Gasteiger partial charge in [-0.25, -0.2) is 8.42 Å². The smallest absolute Gasteiger partial charge is 0.151 e. The summed E-state index contributed by atoms with van der Waals surface area (Å²) in [6.45, 7) is 3.96. The lowest BCUT2D eigenvalue weighted by Gasteiger charge is -2.24. The van der Waals surface area contributed by atoms with Crippen LogP contribution in [0.25, 0.3) is 0 Å². The van der Waals surface area contributed by atoms with Crippen molar-refractivity contribution in [2.45, 2.75) is 25.1 Å². The van der Waals surface area contributed by atoms with E-state index < -0.39 is 21.1 Å². The highest BCUT2D eigenvalue weighted by Gasteiger charge is 2.28. The van der Waals surface area contributed by atoms with E-state index in [-0.39, 0.29) is 0 Å². The maximum Gasteiger partial charge on any atom is 0.151 e. The van der Waals surface area contributed by atoms with Crippen molar-refractivity contribution >= 4 is 33.0 Å². The van der Waals surface area contributed by atoms with Crippen LogP contribution in [-0.2, 0) is 9.84 Å². The van der Waals surface area contributed by atoms with Gasteiger partial charge in [0.2, 0.25) is 0 Å². The largest absolute Gasteiger partial charge is 0.492 e. The van der Waals surface area contributed by atoms with Crippen molar-refractivity contribution in [2.75, 3.05) is 19.9 Å². The number of ether oxygens (including phenoxy) is 1. The predicted molar refractivity (Wildman–Crippen MR) is 83.7 cm³/mol. The number of hydrogen-bond acceptors (Lipinski definition) is 4. The number of sulfone groups is 1. The first kappa shape index (κ1) is 17.6. The molecule has 114 valence electrons. The Balaban J connectivity index is 3.27. The molecule has 4 nitrogen and oxygen atoms in total. The molecule has 0 heterocycles. The lowest BCUT2D eigenvalue weighted by atomic mass is 10.0. The van der Waals surface area contributed by atoms with Crippen LogP contribution in [0.5, 0.6) is 5.75 Å². The monoisotopic (exact) mass is 339 g/mol.